The van der Waals surface area contributed by atoms with Crippen molar-refractivity contribution in [3.63, 3.8) is 0 Å². The fourth-order valence-electron chi connectivity index (χ4n) is 9.45. The molecule has 4 heteroatoms. The molecule has 0 aliphatic rings. The van der Waals surface area contributed by atoms with Crippen LogP contribution in [-0.2, 0) is 0 Å². The minimum absolute atomic E-state index is 0.634. The molecule has 0 amide bonds. The van der Waals surface area contributed by atoms with Crippen molar-refractivity contribution in [1.29, 1.82) is 0 Å². The number of aromatic nitrogens is 3. The van der Waals surface area contributed by atoms with E-state index in [2.05, 4.69) is 199 Å². The Hall–Kier alpha value is -8.99. The highest BCUT2D eigenvalue weighted by atomic mass is 15.1. The summed E-state index contributed by atoms with van der Waals surface area (Å²) in [5, 5.41) is 7.00. The molecular formula is C63H42N4. The van der Waals surface area contributed by atoms with E-state index in [9.17, 15) is 0 Å². The van der Waals surface area contributed by atoms with Gasteiger partial charge in [0.2, 0.25) is 0 Å². The Kier molecular flexibility index (Phi) is 10.2. The Morgan fingerprint density at radius 2 is 0.627 bits per heavy atom. The standard InChI is InChI=1S/C63H42N4/c1-6-20-43(21-7-1)49-38-50(44-22-8-2-9-23-44)40-52(39-49)67(60-33-19-18-30-53(60)45-24-10-3-11-25-45)51-35-37-57-56-36-34-48(41-58(56)54-31-16-17-32-55(54)59(57)42-51)63-65-61(46-26-12-4-13-27-46)64-62(66-63)47-28-14-5-15-29-47/h1-42H. The Balaban J connectivity index is 1.07. The van der Waals surface area contributed by atoms with Crippen LogP contribution in [0.15, 0.2) is 255 Å². The van der Waals surface area contributed by atoms with Crippen LogP contribution in [0.1, 0.15) is 0 Å². The summed E-state index contributed by atoms with van der Waals surface area (Å²) in [7, 11) is 0. The molecule has 0 spiro atoms. The smallest absolute Gasteiger partial charge is 0.164 e. The molecule has 0 atom stereocenters. The lowest BCUT2D eigenvalue weighted by molar-refractivity contribution is 1.07. The van der Waals surface area contributed by atoms with Crippen LogP contribution in [0.5, 0.6) is 0 Å². The first-order chi connectivity index (χ1) is 33.2. The molecular weight excluding hydrogens is 813 g/mol. The number of rotatable bonds is 9. The van der Waals surface area contributed by atoms with Crippen LogP contribution in [0.25, 0.3) is 99.9 Å². The van der Waals surface area contributed by atoms with Gasteiger partial charge in [-0.3, -0.25) is 0 Å². The molecule has 0 N–H and O–H groups in total. The molecule has 0 aliphatic heterocycles. The van der Waals surface area contributed by atoms with E-state index in [1.165, 1.54) is 26.9 Å². The second-order valence-corrected chi connectivity index (χ2v) is 16.8. The predicted molar refractivity (Wildman–Crippen MR) is 280 cm³/mol. The molecule has 0 saturated heterocycles. The third-order valence-electron chi connectivity index (χ3n) is 12.7. The summed E-state index contributed by atoms with van der Waals surface area (Å²) in [4.78, 5) is 17.6. The highest BCUT2D eigenvalue weighted by Gasteiger charge is 2.21. The fourth-order valence-corrected chi connectivity index (χ4v) is 9.45. The third kappa shape index (κ3) is 7.57. The minimum Gasteiger partial charge on any atom is -0.310 e. The maximum Gasteiger partial charge on any atom is 0.164 e. The van der Waals surface area contributed by atoms with Crippen LogP contribution in [-0.4, -0.2) is 15.0 Å². The van der Waals surface area contributed by atoms with Gasteiger partial charge in [-0.2, -0.15) is 0 Å². The van der Waals surface area contributed by atoms with E-state index in [-0.39, 0.29) is 0 Å². The second-order valence-electron chi connectivity index (χ2n) is 16.8. The van der Waals surface area contributed by atoms with Crippen molar-refractivity contribution in [2.45, 2.75) is 0 Å². The van der Waals surface area contributed by atoms with Crippen molar-refractivity contribution in [2.24, 2.45) is 0 Å². The van der Waals surface area contributed by atoms with Crippen molar-refractivity contribution < 1.29 is 0 Å². The van der Waals surface area contributed by atoms with Gasteiger partial charge in [-0.1, -0.05) is 212 Å². The third-order valence-corrected chi connectivity index (χ3v) is 12.7. The van der Waals surface area contributed by atoms with Crippen molar-refractivity contribution in [2.75, 3.05) is 4.90 Å². The summed E-state index contributed by atoms with van der Waals surface area (Å²) in [6, 6.07) is 90.5. The van der Waals surface area contributed by atoms with Gasteiger partial charge in [-0.25, -0.2) is 15.0 Å². The van der Waals surface area contributed by atoms with Crippen LogP contribution < -0.4 is 4.90 Å². The van der Waals surface area contributed by atoms with Crippen LogP contribution in [0, 0.1) is 0 Å². The number of fused-ring (bicyclic) bond motifs is 6. The molecule has 12 aromatic rings. The number of para-hydroxylation sites is 1. The van der Waals surface area contributed by atoms with Gasteiger partial charge in [0.05, 0.1) is 5.69 Å². The van der Waals surface area contributed by atoms with Crippen molar-refractivity contribution in [1.82, 2.24) is 15.0 Å². The van der Waals surface area contributed by atoms with Crippen molar-refractivity contribution in [3.05, 3.63) is 255 Å². The van der Waals surface area contributed by atoms with Gasteiger partial charge in [0, 0.05) is 33.6 Å². The molecule has 1 heterocycles. The highest BCUT2D eigenvalue weighted by Crippen LogP contribution is 2.46. The summed E-state index contributed by atoms with van der Waals surface area (Å²) < 4.78 is 0. The molecule has 11 aromatic carbocycles. The first-order valence-electron chi connectivity index (χ1n) is 22.7. The Morgan fingerprint density at radius 3 is 1.16 bits per heavy atom. The lowest BCUT2D eigenvalue weighted by atomic mass is 9.92. The lowest BCUT2D eigenvalue weighted by Crippen LogP contribution is -2.11. The molecule has 0 fully saturated rings. The molecule has 4 nitrogen and oxygen atoms in total. The Labute approximate surface area is 389 Å². The average Bonchev–Trinajstić information content (AvgIpc) is 3.42. The summed E-state index contributed by atoms with van der Waals surface area (Å²) >= 11 is 0. The normalized spacial score (nSPS) is 11.3. The van der Waals surface area contributed by atoms with Gasteiger partial charge in [-0.15, -0.1) is 0 Å². The minimum atomic E-state index is 0.634. The van der Waals surface area contributed by atoms with E-state index >= 15 is 0 Å². The number of benzene rings is 11. The highest BCUT2D eigenvalue weighted by molar-refractivity contribution is 6.26. The van der Waals surface area contributed by atoms with Gasteiger partial charge < -0.3 is 4.90 Å². The van der Waals surface area contributed by atoms with Gasteiger partial charge in [0.15, 0.2) is 17.5 Å². The topological polar surface area (TPSA) is 41.9 Å². The summed E-state index contributed by atoms with van der Waals surface area (Å²) in [6.45, 7) is 0. The Bertz CT molecular complexity index is 3590. The zero-order valence-corrected chi connectivity index (χ0v) is 36.5. The monoisotopic (exact) mass is 854 g/mol. The molecule has 314 valence electrons. The Morgan fingerprint density at radius 1 is 0.224 bits per heavy atom. The van der Waals surface area contributed by atoms with E-state index in [1.54, 1.807) is 0 Å². The number of nitrogens with zero attached hydrogens (tertiary/aromatic N) is 4. The van der Waals surface area contributed by atoms with E-state index < -0.39 is 0 Å². The second kappa shape index (κ2) is 17.2. The van der Waals surface area contributed by atoms with Crippen LogP contribution >= 0.6 is 0 Å². The molecule has 0 aliphatic carbocycles. The van der Waals surface area contributed by atoms with Crippen molar-refractivity contribution in [3.8, 4) is 67.5 Å². The van der Waals surface area contributed by atoms with Crippen molar-refractivity contribution >= 4 is 49.4 Å². The molecule has 0 bridgehead atoms. The summed E-state index contributed by atoms with van der Waals surface area (Å²) in [5.74, 6) is 1.92. The van der Waals surface area contributed by atoms with E-state index in [0.29, 0.717) is 17.5 Å². The molecule has 12 rings (SSSR count). The van der Waals surface area contributed by atoms with Gasteiger partial charge in [0.1, 0.15) is 0 Å². The first-order valence-corrected chi connectivity index (χ1v) is 22.7. The van der Waals surface area contributed by atoms with Crippen LogP contribution in [0.4, 0.5) is 17.1 Å². The maximum absolute atomic E-state index is 5.09. The largest absolute Gasteiger partial charge is 0.310 e. The quantitative estimate of drug-likeness (QED) is 0.136. The predicted octanol–water partition coefficient (Wildman–Crippen LogP) is 16.8. The molecule has 0 saturated carbocycles. The van der Waals surface area contributed by atoms with E-state index in [1.807, 2.05) is 60.7 Å². The van der Waals surface area contributed by atoms with Crippen LogP contribution in [0.2, 0.25) is 0 Å². The van der Waals surface area contributed by atoms with E-state index in [0.717, 1.165) is 72.5 Å². The average molecular weight is 855 g/mol. The number of hydrogen-bond acceptors (Lipinski definition) is 4. The summed E-state index contributed by atoms with van der Waals surface area (Å²) in [5.41, 5.74) is 13.0. The fraction of sp³-hybridized carbons (Fsp3) is 0. The van der Waals surface area contributed by atoms with Gasteiger partial charge in [0.25, 0.3) is 0 Å². The van der Waals surface area contributed by atoms with Crippen LogP contribution in [0.3, 0.4) is 0 Å². The van der Waals surface area contributed by atoms with Gasteiger partial charge >= 0.3 is 0 Å². The number of anilines is 3. The lowest BCUT2D eigenvalue weighted by Gasteiger charge is -2.29. The van der Waals surface area contributed by atoms with E-state index in [4.69, 9.17) is 15.0 Å². The summed E-state index contributed by atoms with van der Waals surface area (Å²) in [6.07, 6.45) is 0. The zero-order valence-electron chi connectivity index (χ0n) is 36.5. The SMILES string of the molecule is c1ccc(-c2cc(-c3ccccc3)cc(N(c3ccc4c5ccc(-c6nc(-c7ccccc7)nc(-c7ccccc7)n6)cc5c5ccccc5c4c3)c3ccccc3-c3ccccc3)c2)cc1. The molecule has 67 heavy (non-hydrogen) atoms. The number of hydrogen-bond donors (Lipinski definition) is 0. The zero-order chi connectivity index (χ0) is 44.5. The maximum atomic E-state index is 5.09. The van der Waals surface area contributed by atoms with Gasteiger partial charge in [-0.05, 0) is 103 Å². The molecule has 0 unspecified atom stereocenters. The molecule has 1 aromatic heterocycles. The first kappa shape index (κ1) is 39.6. The molecule has 0 radical (unpaired) electrons.